The van der Waals surface area contributed by atoms with Gasteiger partial charge in [0.2, 0.25) is 0 Å². The highest BCUT2D eigenvalue weighted by atomic mass is 35.5. The number of benzene rings is 1. The van der Waals surface area contributed by atoms with Crippen LogP contribution in [0.1, 0.15) is 19.3 Å². The van der Waals surface area contributed by atoms with E-state index in [9.17, 15) is 4.79 Å². The molecule has 0 unspecified atom stereocenters. The van der Waals surface area contributed by atoms with Crippen molar-refractivity contribution in [2.45, 2.75) is 19.3 Å². The van der Waals surface area contributed by atoms with Crippen molar-refractivity contribution in [3.63, 3.8) is 0 Å². The second kappa shape index (κ2) is 8.36. The second-order valence-electron chi connectivity index (χ2n) is 5.74. The average Bonchev–Trinajstić information content (AvgIpc) is 2.62. The third kappa shape index (κ3) is 4.96. The molecule has 2 heterocycles. The number of ether oxygens (including phenoxy) is 1. The molecule has 132 valence electrons. The van der Waals surface area contributed by atoms with Gasteiger partial charge in [-0.05, 0) is 49.6 Å². The first-order chi connectivity index (χ1) is 12.1. The monoisotopic (exact) mass is 380 g/mol. The molecule has 0 saturated carbocycles. The first-order valence-corrected chi connectivity index (χ1v) is 8.84. The van der Waals surface area contributed by atoms with Gasteiger partial charge < -0.3 is 15.0 Å². The van der Waals surface area contributed by atoms with Crippen molar-refractivity contribution in [2.75, 3.05) is 29.9 Å². The number of carbonyl (C=O) groups excluding carboxylic acids is 1. The number of hydrogen-bond donors (Lipinski definition) is 1. The number of anilines is 2. The molecule has 1 amide bonds. The van der Waals surface area contributed by atoms with Crippen LogP contribution in [0.2, 0.25) is 10.0 Å². The fourth-order valence-corrected chi connectivity index (χ4v) is 3.06. The van der Waals surface area contributed by atoms with Crippen molar-refractivity contribution < 1.29 is 9.53 Å². The minimum atomic E-state index is -0.342. The normalized spacial score (nSPS) is 14.2. The second-order valence-corrected chi connectivity index (χ2v) is 6.58. The number of amides is 1. The largest absolute Gasteiger partial charge is 0.482 e. The summed E-state index contributed by atoms with van der Waals surface area (Å²) in [6, 6.07) is 8.42. The van der Waals surface area contributed by atoms with Gasteiger partial charge in [0.25, 0.3) is 5.91 Å². The van der Waals surface area contributed by atoms with Crippen LogP contribution in [0, 0.1) is 0 Å². The van der Waals surface area contributed by atoms with Gasteiger partial charge in [0, 0.05) is 18.1 Å². The zero-order valence-electron chi connectivity index (χ0n) is 13.5. The van der Waals surface area contributed by atoms with E-state index in [4.69, 9.17) is 27.9 Å². The van der Waals surface area contributed by atoms with Crippen LogP contribution in [0.25, 0.3) is 0 Å². The molecule has 1 fully saturated rings. The van der Waals surface area contributed by atoms with Gasteiger partial charge in [-0.2, -0.15) is 0 Å². The number of nitrogens with zero attached hydrogens (tertiary/aromatic N) is 3. The first kappa shape index (κ1) is 17.8. The number of nitrogens with one attached hydrogen (secondary N) is 1. The predicted molar refractivity (Wildman–Crippen MR) is 98.7 cm³/mol. The van der Waals surface area contributed by atoms with Crippen LogP contribution < -0.4 is 15.0 Å². The van der Waals surface area contributed by atoms with E-state index in [2.05, 4.69) is 20.4 Å². The van der Waals surface area contributed by atoms with E-state index in [1.165, 1.54) is 19.3 Å². The summed E-state index contributed by atoms with van der Waals surface area (Å²) in [5.74, 6) is 1.28. The van der Waals surface area contributed by atoms with Crippen molar-refractivity contribution in [3.8, 4) is 5.75 Å². The highest BCUT2D eigenvalue weighted by Gasteiger charge is 2.13. The van der Waals surface area contributed by atoms with Crippen LogP contribution in [0.4, 0.5) is 11.6 Å². The summed E-state index contributed by atoms with van der Waals surface area (Å²) in [4.78, 5) is 14.2. The van der Waals surface area contributed by atoms with Gasteiger partial charge in [0.15, 0.2) is 18.2 Å². The number of aromatic nitrogens is 2. The molecular formula is C17H18Cl2N4O2. The van der Waals surface area contributed by atoms with Crippen LogP contribution in [0.5, 0.6) is 5.75 Å². The van der Waals surface area contributed by atoms with Gasteiger partial charge in [-0.3, -0.25) is 4.79 Å². The molecule has 0 spiro atoms. The van der Waals surface area contributed by atoms with E-state index in [1.807, 2.05) is 6.07 Å². The molecule has 0 radical (unpaired) electrons. The van der Waals surface area contributed by atoms with Crippen LogP contribution in [-0.2, 0) is 4.79 Å². The molecule has 25 heavy (non-hydrogen) atoms. The summed E-state index contributed by atoms with van der Waals surface area (Å²) in [5.41, 5.74) is 0. The molecule has 1 aromatic carbocycles. The van der Waals surface area contributed by atoms with Crippen LogP contribution in [0.15, 0.2) is 30.3 Å². The maximum atomic E-state index is 12.0. The quantitative estimate of drug-likeness (QED) is 0.854. The molecule has 6 nitrogen and oxygen atoms in total. The standard InChI is InChI=1S/C17H18Cl2N4O2/c18-12-4-5-14(13(19)10-12)25-11-17(24)20-15-6-7-16(22-21-15)23-8-2-1-3-9-23/h4-7,10H,1-3,8-9,11H2,(H,20,21,24). The Morgan fingerprint density at radius 2 is 1.92 bits per heavy atom. The number of carbonyl (C=O) groups is 1. The Bertz CT molecular complexity index is 734. The molecule has 8 heteroatoms. The van der Waals surface area contributed by atoms with E-state index in [-0.39, 0.29) is 12.5 Å². The summed E-state index contributed by atoms with van der Waals surface area (Å²) in [6.45, 7) is 1.81. The van der Waals surface area contributed by atoms with Gasteiger partial charge in [-0.15, -0.1) is 10.2 Å². The van der Waals surface area contributed by atoms with Crippen LogP contribution >= 0.6 is 23.2 Å². The fraction of sp³-hybridized carbons (Fsp3) is 0.353. The molecule has 0 atom stereocenters. The molecule has 3 rings (SSSR count). The number of hydrogen-bond acceptors (Lipinski definition) is 5. The Morgan fingerprint density at radius 3 is 2.60 bits per heavy atom. The lowest BCUT2D eigenvalue weighted by atomic mass is 10.1. The minimum absolute atomic E-state index is 0.184. The highest BCUT2D eigenvalue weighted by Crippen LogP contribution is 2.27. The van der Waals surface area contributed by atoms with Crippen molar-refractivity contribution in [1.82, 2.24) is 10.2 Å². The number of rotatable bonds is 5. The SMILES string of the molecule is O=C(COc1ccc(Cl)cc1Cl)Nc1ccc(N2CCCCC2)nn1. The van der Waals surface area contributed by atoms with Gasteiger partial charge in [-0.1, -0.05) is 23.2 Å². The Hall–Kier alpha value is -2.05. The maximum absolute atomic E-state index is 12.0. The van der Waals surface area contributed by atoms with Crippen molar-refractivity contribution in [1.29, 1.82) is 0 Å². The maximum Gasteiger partial charge on any atom is 0.263 e. The first-order valence-electron chi connectivity index (χ1n) is 8.08. The molecule has 0 bridgehead atoms. The predicted octanol–water partition coefficient (Wildman–Crippen LogP) is 3.79. The minimum Gasteiger partial charge on any atom is -0.482 e. The van der Waals surface area contributed by atoms with Crippen molar-refractivity contribution in [2.24, 2.45) is 0 Å². The Morgan fingerprint density at radius 1 is 1.12 bits per heavy atom. The fourth-order valence-electron chi connectivity index (χ4n) is 2.60. The van der Waals surface area contributed by atoms with E-state index in [1.54, 1.807) is 24.3 Å². The molecule has 2 aromatic rings. The number of piperidine rings is 1. The molecule has 1 saturated heterocycles. The van der Waals surface area contributed by atoms with Gasteiger partial charge in [-0.25, -0.2) is 0 Å². The van der Waals surface area contributed by atoms with Crippen LogP contribution in [-0.4, -0.2) is 35.8 Å². The summed E-state index contributed by atoms with van der Waals surface area (Å²) in [7, 11) is 0. The van der Waals surface area contributed by atoms with E-state index in [0.717, 1.165) is 18.9 Å². The molecule has 1 aliphatic heterocycles. The van der Waals surface area contributed by atoms with Crippen molar-refractivity contribution in [3.05, 3.63) is 40.4 Å². The molecular weight excluding hydrogens is 363 g/mol. The zero-order chi connectivity index (χ0) is 17.6. The van der Waals surface area contributed by atoms with E-state index < -0.39 is 0 Å². The average molecular weight is 381 g/mol. The molecule has 0 aliphatic carbocycles. The lowest BCUT2D eigenvalue weighted by Crippen LogP contribution is -2.30. The Balaban J connectivity index is 1.52. The smallest absolute Gasteiger partial charge is 0.263 e. The van der Waals surface area contributed by atoms with Gasteiger partial charge in [0.1, 0.15) is 5.75 Å². The third-order valence-corrected chi connectivity index (χ3v) is 4.38. The third-order valence-electron chi connectivity index (χ3n) is 3.85. The zero-order valence-corrected chi connectivity index (χ0v) is 15.1. The Labute approximate surface area is 156 Å². The van der Waals surface area contributed by atoms with E-state index >= 15 is 0 Å². The highest BCUT2D eigenvalue weighted by molar-refractivity contribution is 6.35. The van der Waals surface area contributed by atoms with Crippen molar-refractivity contribution >= 4 is 40.7 Å². The van der Waals surface area contributed by atoms with Gasteiger partial charge >= 0.3 is 0 Å². The Kier molecular flexibility index (Phi) is 5.94. The molecule has 1 aliphatic rings. The summed E-state index contributed by atoms with van der Waals surface area (Å²) in [5, 5.41) is 11.7. The lowest BCUT2D eigenvalue weighted by Gasteiger charge is -2.27. The summed E-state index contributed by atoms with van der Waals surface area (Å²) in [6.07, 6.45) is 3.60. The van der Waals surface area contributed by atoms with Crippen LogP contribution in [0.3, 0.4) is 0 Å². The summed E-state index contributed by atoms with van der Waals surface area (Å²) >= 11 is 11.8. The van der Waals surface area contributed by atoms with E-state index in [0.29, 0.717) is 21.6 Å². The summed E-state index contributed by atoms with van der Waals surface area (Å²) < 4.78 is 5.39. The lowest BCUT2D eigenvalue weighted by molar-refractivity contribution is -0.118. The topological polar surface area (TPSA) is 67.3 Å². The molecule has 1 N–H and O–H groups in total. The number of halogens is 2. The molecule has 1 aromatic heterocycles. The van der Waals surface area contributed by atoms with Gasteiger partial charge in [0.05, 0.1) is 5.02 Å².